The number of rotatable bonds is 6. The van der Waals surface area contributed by atoms with Crippen LogP contribution in [0.1, 0.15) is 30.3 Å². The molecule has 2 heterocycles. The lowest BCUT2D eigenvalue weighted by Gasteiger charge is -2.12. The standard InChI is InChI=1S/C15H21N5O/c1-4-5-12-19-14(16)10(2)15(20-12)18-9-11-6-7-17-13(8-11)21-3/h6-8H,4-5,9H2,1-3H3,(H3,16,18,19,20). The van der Waals surface area contributed by atoms with Gasteiger partial charge in [-0.3, -0.25) is 0 Å². The summed E-state index contributed by atoms with van der Waals surface area (Å²) in [6, 6.07) is 3.82. The van der Waals surface area contributed by atoms with E-state index in [1.165, 1.54) is 0 Å². The molecule has 2 aromatic rings. The third-order valence-corrected chi connectivity index (χ3v) is 3.17. The first-order valence-electron chi connectivity index (χ1n) is 6.99. The highest BCUT2D eigenvalue weighted by Crippen LogP contribution is 2.19. The fraction of sp³-hybridized carbons (Fsp3) is 0.400. The van der Waals surface area contributed by atoms with Crippen molar-refractivity contribution in [3.8, 4) is 5.88 Å². The van der Waals surface area contributed by atoms with Crippen molar-refractivity contribution in [2.75, 3.05) is 18.2 Å². The van der Waals surface area contributed by atoms with Gasteiger partial charge in [0.1, 0.15) is 17.5 Å². The Kier molecular flexibility index (Phi) is 4.92. The second kappa shape index (κ2) is 6.88. The van der Waals surface area contributed by atoms with Gasteiger partial charge in [-0.2, -0.15) is 0 Å². The molecular formula is C15H21N5O. The third-order valence-electron chi connectivity index (χ3n) is 3.17. The van der Waals surface area contributed by atoms with Crippen LogP contribution in [0.4, 0.5) is 11.6 Å². The number of methoxy groups -OCH3 is 1. The second-order valence-corrected chi connectivity index (χ2v) is 4.81. The van der Waals surface area contributed by atoms with Crippen LogP contribution in [0.15, 0.2) is 18.3 Å². The van der Waals surface area contributed by atoms with E-state index in [4.69, 9.17) is 10.5 Å². The van der Waals surface area contributed by atoms with E-state index < -0.39 is 0 Å². The molecule has 0 atom stereocenters. The van der Waals surface area contributed by atoms with Crippen LogP contribution < -0.4 is 15.8 Å². The van der Waals surface area contributed by atoms with Gasteiger partial charge in [-0.15, -0.1) is 0 Å². The average Bonchev–Trinajstić information content (AvgIpc) is 2.50. The lowest BCUT2D eigenvalue weighted by molar-refractivity contribution is 0.397. The van der Waals surface area contributed by atoms with Gasteiger partial charge in [-0.25, -0.2) is 15.0 Å². The maximum absolute atomic E-state index is 5.95. The molecule has 0 amide bonds. The van der Waals surface area contributed by atoms with E-state index in [0.29, 0.717) is 18.2 Å². The molecule has 0 unspecified atom stereocenters. The van der Waals surface area contributed by atoms with Gasteiger partial charge < -0.3 is 15.8 Å². The van der Waals surface area contributed by atoms with E-state index >= 15 is 0 Å². The smallest absolute Gasteiger partial charge is 0.213 e. The van der Waals surface area contributed by atoms with Gasteiger partial charge in [0.15, 0.2) is 0 Å². The maximum atomic E-state index is 5.95. The number of hydrogen-bond acceptors (Lipinski definition) is 6. The highest BCUT2D eigenvalue weighted by Gasteiger charge is 2.08. The van der Waals surface area contributed by atoms with Crippen molar-refractivity contribution in [2.45, 2.75) is 33.2 Å². The average molecular weight is 287 g/mol. The van der Waals surface area contributed by atoms with E-state index in [9.17, 15) is 0 Å². The Bertz CT molecular complexity index is 615. The van der Waals surface area contributed by atoms with Crippen molar-refractivity contribution in [3.05, 3.63) is 35.3 Å². The molecule has 2 aromatic heterocycles. The normalized spacial score (nSPS) is 10.4. The van der Waals surface area contributed by atoms with Crippen LogP contribution in [0.25, 0.3) is 0 Å². The Morgan fingerprint density at radius 1 is 1.33 bits per heavy atom. The molecule has 0 fully saturated rings. The van der Waals surface area contributed by atoms with E-state index in [1.54, 1.807) is 13.3 Å². The van der Waals surface area contributed by atoms with Crippen LogP contribution in [0.5, 0.6) is 5.88 Å². The molecule has 6 nitrogen and oxygen atoms in total. The number of nitrogens with zero attached hydrogens (tertiary/aromatic N) is 3. The summed E-state index contributed by atoms with van der Waals surface area (Å²) in [7, 11) is 1.60. The molecule has 0 aliphatic rings. The molecule has 0 saturated heterocycles. The van der Waals surface area contributed by atoms with Gasteiger partial charge in [-0.05, 0) is 25.0 Å². The molecule has 6 heteroatoms. The minimum absolute atomic E-state index is 0.531. The SMILES string of the molecule is CCCc1nc(N)c(C)c(NCc2ccnc(OC)c2)n1. The summed E-state index contributed by atoms with van der Waals surface area (Å²) in [5, 5.41) is 3.31. The topological polar surface area (TPSA) is 86.0 Å². The summed E-state index contributed by atoms with van der Waals surface area (Å²) in [5.41, 5.74) is 7.88. The van der Waals surface area contributed by atoms with Crippen LogP contribution >= 0.6 is 0 Å². The lowest BCUT2D eigenvalue weighted by atomic mass is 10.2. The Balaban J connectivity index is 2.15. The van der Waals surface area contributed by atoms with Crippen molar-refractivity contribution in [2.24, 2.45) is 0 Å². The second-order valence-electron chi connectivity index (χ2n) is 4.81. The zero-order chi connectivity index (χ0) is 15.2. The Labute approximate surface area is 124 Å². The number of nitrogen functional groups attached to an aromatic ring is 1. The number of aromatic nitrogens is 3. The number of pyridine rings is 1. The summed E-state index contributed by atoms with van der Waals surface area (Å²) in [4.78, 5) is 12.9. The molecule has 0 aromatic carbocycles. The minimum Gasteiger partial charge on any atom is -0.481 e. The first-order valence-corrected chi connectivity index (χ1v) is 6.99. The third kappa shape index (κ3) is 3.81. The summed E-state index contributed by atoms with van der Waals surface area (Å²) in [5.74, 6) is 2.68. The first-order chi connectivity index (χ1) is 10.1. The van der Waals surface area contributed by atoms with Crippen LogP contribution in [0.2, 0.25) is 0 Å². The predicted molar refractivity (Wildman–Crippen MR) is 83.3 cm³/mol. The zero-order valence-electron chi connectivity index (χ0n) is 12.7. The van der Waals surface area contributed by atoms with E-state index in [0.717, 1.165) is 35.6 Å². The minimum atomic E-state index is 0.531. The number of anilines is 2. The molecule has 0 spiro atoms. The molecule has 0 aliphatic carbocycles. The van der Waals surface area contributed by atoms with Gasteiger partial charge in [0.2, 0.25) is 5.88 Å². The Morgan fingerprint density at radius 3 is 2.86 bits per heavy atom. The molecule has 0 bridgehead atoms. The van der Waals surface area contributed by atoms with E-state index in [1.807, 2.05) is 19.1 Å². The first kappa shape index (κ1) is 15.0. The van der Waals surface area contributed by atoms with Gasteiger partial charge in [-0.1, -0.05) is 6.92 Å². The van der Waals surface area contributed by atoms with Crippen molar-refractivity contribution in [1.29, 1.82) is 0 Å². The van der Waals surface area contributed by atoms with Crippen LogP contribution in [0.3, 0.4) is 0 Å². The molecule has 3 N–H and O–H groups in total. The fourth-order valence-corrected chi connectivity index (χ4v) is 1.95. The van der Waals surface area contributed by atoms with Crippen molar-refractivity contribution in [3.63, 3.8) is 0 Å². The summed E-state index contributed by atoms with van der Waals surface area (Å²) in [6.07, 6.45) is 3.53. The lowest BCUT2D eigenvalue weighted by Crippen LogP contribution is -2.09. The summed E-state index contributed by atoms with van der Waals surface area (Å²) in [6.45, 7) is 4.64. The fourth-order valence-electron chi connectivity index (χ4n) is 1.95. The summed E-state index contributed by atoms with van der Waals surface area (Å²) < 4.78 is 5.12. The predicted octanol–water partition coefficient (Wildman–Crippen LogP) is 2.34. The van der Waals surface area contributed by atoms with Crippen molar-refractivity contribution >= 4 is 11.6 Å². The van der Waals surface area contributed by atoms with Crippen molar-refractivity contribution < 1.29 is 4.74 Å². The van der Waals surface area contributed by atoms with Crippen LogP contribution in [0, 0.1) is 6.92 Å². The van der Waals surface area contributed by atoms with E-state index in [-0.39, 0.29) is 0 Å². The largest absolute Gasteiger partial charge is 0.481 e. The van der Waals surface area contributed by atoms with Gasteiger partial charge in [0, 0.05) is 30.8 Å². The highest BCUT2D eigenvalue weighted by atomic mass is 16.5. The van der Waals surface area contributed by atoms with Crippen LogP contribution in [-0.4, -0.2) is 22.1 Å². The van der Waals surface area contributed by atoms with Gasteiger partial charge in [0.25, 0.3) is 0 Å². The molecule has 0 aliphatic heterocycles. The van der Waals surface area contributed by atoms with Crippen LogP contribution in [-0.2, 0) is 13.0 Å². The Hall–Kier alpha value is -2.37. The maximum Gasteiger partial charge on any atom is 0.213 e. The monoisotopic (exact) mass is 287 g/mol. The summed E-state index contributed by atoms with van der Waals surface area (Å²) >= 11 is 0. The quantitative estimate of drug-likeness (QED) is 0.848. The number of nitrogens with two attached hydrogens (primary N) is 1. The van der Waals surface area contributed by atoms with Gasteiger partial charge >= 0.3 is 0 Å². The molecule has 21 heavy (non-hydrogen) atoms. The zero-order valence-corrected chi connectivity index (χ0v) is 12.7. The molecular weight excluding hydrogens is 266 g/mol. The molecule has 0 saturated carbocycles. The van der Waals surface area contributed by atoms with Crippen molar-refractivity contribution in [1.82, 2.24) is 15.0 Å². The number of nitrogens with one attached hydrogen (secondary N) is 1. The van der Waals surface area contributed by atoms with Gasteiger partial charge in [0.05, 0.1) is 7.11 Å². The molecule has 112 valence electrons. The van der Waals surface area contributed by atoms with E-state index in [2.05, 4.69) is 27.2 Å². The molecule has 2 rings (SSSR count). The number of hydrogen-bond donors (Lipinski definition) is 2. The Morgan fingerprint density at radius 2 is 2.14 bits per heavy atom. The number of ether oxygens (including phenoxy) is 1. The highest BCUT2D eigenvalue weighted by molar-refractivity contribution is 5.55. The number of aryl methyl sites for hydroxylation is 1. The molecule has 0 radical (unpaired) electrons.